The van der Waals surface area contributed by atoms with Crippen LogP contribution in [0.1, 0.15) is 17.5 Å². The molecule has 0 fully saturated rings. The summed E-state index contributed by atoms with van der Waals surface area (Å²) in [5, 5.41) is 6.23. The van der Waals surface area contributed by atoms with Crippen LogP contribution in [0.4, 0.5) is 11.8 Å². The Hall–Kier alpha value is -1.73. The van der Waals surface area contributed by atoms with Crippen LogP contribution in [0.2, 0.25) is 0 Å². The number of thiazole rings is 1. The lowest BCUT2D eigenvalue weighted by Gasteiger charge is -2.18. The first-order chi connectivity index (χ1) is 10.2. The molecule has 0 aromatic carbocycles. The van der Waals surface area contributed by atoms with E-state index in [2.05, 4.69) is 43.5 Å². The Labute approximate surface area is 131 Å². The molecule has 3 rings (SSSR count). The number of nitrogens with one attached hydrogen (secondary N) is 1. The number of hydrogen-bond acceptors (Lipinski definition) is 7. The number of hydrogen-bond donors (Lipinski definition) is 1. The lowest BCUT2D eigenvalue weighted by molar-refractivity contribution is 0.877. The standard InChI is InChI=1S/C14H17N5S2/c1-4-10-5-11-12(17-14(15-2)18-13(11)21-10)19(3)6-9-7-20-8-16-9/h5,7-8H,4,6H2,1-3H3,(H,15,17,18). The van der Waals surface area contributed by atoms with Gasteiger partial charge in [-0.2, -0.15) is 4.98 Å². The normalized spacial score (nSPS) is 11.0. The summed E-state index contributed by atoms with van der Waals surface area (Å²) in [4.78, 5) is 18.0. The summed E-state index contributed by atoms with van der Waals surface area (Å²) >= 11 is 3.35. The molecule has 0 aliphatic carbocycles. The van der Waals surface area contributed by atoms with Gasteiger partial charge >= 0.3 is 0 Å². The average Bonchev–Trinajstić information content (AvgIpc) is 3.14. The van der Waals surface area contributed by atoms with E-state index in [4.69, 9.17) is 0 Å². The van der Waals surface area contributed by atoms with Gasteiger partial charge in [-0.1, -0.05) is 6.92 Å². The molecular formula is C14H17N5S2. The highest BCUT2D eigenvalue weighted by molar-refractivity contribution is 7.18. The van der Waals surface area contributed by atoms with Crippen LogP contribution in [-0.4, -0.2) is 29.0 Å². The molecule has 3 aromatic rings. The van der Waals surface area contributed by atoms with Crippen LogP contribution in [0, 0.1) is 0 Å². The number of aromatic nitrogens is 3. The van der Waals surface area contributed by atoms with Crippen molar-refractivity contribution >= 4 is 44.7 Å². The predicted octanol–water partition coefficient (Wildman–Crippen LogP) is 3.39. The maximum atomic E-state index is 4.63. The minimum absolute atomic E-state index is 0.659. The molecule has 0 unspecified atom stereocenters. The van der Waals surface area contributed by atoms with E-state index in [-0.39, 0.29) is 0 Å². The van der Waals surface area contributed by atoms with Crippen molar-refractivity contribution in [3.05, 3.63) is 27.5 Å². The van der Waals surface area contributed by atoms with Crippen molar-refractivity contribution < 1.29 is 0 Å². The van der Waals surface area contributed by atoms with Gasteiger partial charge in [0.2, 0.25) is 5.95 Å². The van der Waals surface area contributed by atoms with Crippen LogP contribution in [0.5, 0.6) is 0 Å². The molecule has 0 amide bonds. The van der Waals surface area contributed by atoms with Crippen molar-refractivity contribution in [1.29, 1.82) is 0 Å². The summed E-state index contributed by atoms with van der Waals surface area (Å²) in [6.45, 7) is 2.91. The van der Waals surface area contributed by atoms with Gasteiger partial charge in [0, 0.05) is 24.4 Å². The molecule has 3 aromatic heterocycles. The maximum Gasteiger partial charge on any atom is 0.225 e. The van der Waals surface area contributed by atoms with Gasteiger partial charge in [0.05, 0.1) is 23.1 Å². The number of fused-ring (bicyclic) bond motifs is 1. The van der Waals surface area contributed by atoms with Crippen LogP contribution in [0.15, 0.2) is 17.0 Å². The average molecular weight is 319 g/mol. The second-order valence-electron chi connectivity index (χ2n) is 4.74. The zero-order valence-corrected chi connectivity index (χ0v) is 13.9. The Balaban J connectivity index is 2.04. The van der Waals surface area contributed by atoms with Crippen LogP contribution in [0.25, 0.3) is 10.2 Å². The molecule has 0 aliphatic heterocycles. The van der Waals surface area contributed by atoms with E-state index in [1.807, 2.05) is 19.6 Å². The molecule has 110 valence electrons. The first-order valence-corrected chi connectivity index (χ1v) is 8.53. The SMILES string of the molecule is CCc1cc2c(N(C)Cc3cscn3)nc(NC)nc2s1. The Morgan fingerprint density at radius 3 is 2.86 bits per heavy atom. The first kappa shape index (κ1) is 14.2. The van der Waals surface area contributed by atoms with Crippen molar-refractivity contribution in [3.8, 4) is 0 Å². The predicted molar refractivity (Wildman–Crippen MR) is 90.6 cm³/mol. The van der Waals surface area contributed by atoms with Crippen LogP contribution >= 0.6 is 22.7 Å². The van der Waals surface area contributed by atoms with Gasteiger partial charge in [0.15, 0.2) is 0 Å². The van der Waals surface area contributed by atoms with Crippen LogP contribution in [-0.2, 0) is 13.0 Å². The topological polar surface area (TPSA) is 53.9 Å². The summed E-state index contributed by atoms with van der Waals surface area (Å²) in [6, 6.07) is 2.20. The molecule has 0 saturated heterocycles. The smallest absolute Gasteiger partial charge is 0.225 e. The van der Waals surface area contributed by atoms with Crippen molar-refractivity contribution in [3.63, 3.8) is 0 Å². The summed E-state index contributed by atoms with van der Waals surface area (Å²) in [5.74, 6) is 1.61. The first-order valence-electron chi connectivity index (χ1n) is 6.77. The van der Waals surface area contributed by atoms with Gasteiger partial charge in [-0.05, 0) is 12.5 Å². The molecule has 21 heavy (non-hydrogen) atoms. The van der Waals surface area contributed by atoms with E-state index in [1.54, 1.807) is 22.7 Å². The number of nitrogens with zero attached hydrogens (tertiary/aromatic N) is 4. The van der Waals surface area contributed by atoms with Gasteiger partial charge in [-0.3, -0.25) is 0 Å². The highest BCUT2D eigenvalue weighted by Gasteiger charge is 2.15. The quantitative estimate of drug-likeness (QED) is 0.781. The fourth-order valence-corrected chi connectivity index (χ4v) is 3.68. The number of thiophene rings is 1. The fourth-order valence-electron chi connectivity index (χ4n) is 2.17. The zero-order chi connectivity index (χ0) is 14.8. The molecular weight excluding hydrogens is 302 g/mol. The molecule has 0 radical (unpaired) electrons. The molecule has 0 spiro atoms. The third-order valence-electron chi connectivity index (χ3n) is 3.24. The minimum atomic E-state index is 0.659. The second-order valence-corrected chi connectivity index (χ2v) is 6.58. The van der Waals surface area contributed by atoms with E-state index < -0.39 is 0 Å². The maximum absolute atomic E-state index is 4.63. The van der Waals surface area contributed by atoms with Crippen molar-refractivity contribution in [1.82, 2.24) is 15.0 Å². The summed E-state index contributed by atoms with van der Waals surface area (Å²) in [5.41, 5.74) is 2.92. The van der Waals surface area contributed by atoms with Crippen LogP contribution in [0.3, 0.4) is 0 Å². The van der Waals surface area contributed by atoms with Crippen molar-refractivity contribution in [2.75, 3.05) is 24.3 Å². The lowest BCUT2D eigenvalue weighted by atomic mass is 10.3. The van der Waals surface area contributed by atoms with Gasteiger partial charge < -0.3 is 10.2 Å². The Bertz CT molecular complexity index is 735. The van der Waals surface area contributed by atoms with Gasteiger partial charge in [0.1, 0.15) is 10.6 Å². The summed E-state index contributed by atoms with van der Waals surface area (Å²) < 4.78 is 0. The van der Waals surface area contributed by atoms with Crippen molar-refractivity contribution in [2.24, 2.45) is 0 Å². The van der Waals surface area contributed by atoms with Crippen molar-refractivity contribution in [2.45, 2.75) is 19.9 Å². The Morgan fingerprint density at radius 2 is 2.19 bits per heavy atom. The van der Waals surface area contributed by atoms with E-state index in [0.717, 1.165) is 34.7 Å². The molecule has 0 saturated carbocycles. The van der Waals surface area contributed by atoms with Crippen LogP contribution < -0.4 is 10.2 Å². The van der Waals surface area contributed by atoms with Gasteiger partial charge in [-0.25, -0.2) is 9.97 Å². The molecule has 5 nitrogen and oxygen atoms in total. The van der Waals surface area contributed by atoms with Gasteiger partial charge in [-0.15, -0.1) is 22.7 Å². The number of aryl methyl sites for hydroxylation is 1. The molecule has 1 N–H and O–H groups in total. The van der Waals surface area contributed by atoms with E-state index in [0.29, 0.717) is 5.95 Å². The number of rotatable bonds is 5. The lowest BCUT2D eigenvalue weighted by Crippen LogP contribution is -2.18. The molecule has 0 atom stereocenters. The molecule has 0 bridgehead atoms. The zero-order valence-electron chi connectivity index (χ0n) is 12.3. The largest absolute Gasteiger partial charge is 0.357 e. The molecule has 3 heterocycles. The Kier molecular flexibility index (Phi) is 4.03. The molecule has 0 aliphatic rings. The third kappa shape index (κ3) is 2.84. The highest BCUT2D eigenvalue weighted by atomic mass is 32.1. The fraction of sp³-hybridized carbons (Fsp3) is 0.357. The monoisotopic (exact) mass is 319 g/mol. The van der Waals surface area contributed by atoms with E-state index >= 15 is 0 Å². The second kappa shape index (κ2) is 5.95. The van der Waals surface area contributed by atoms with Gasteiger partial charge in [0.25, 0.3) is 0 Å². The minimum Gasteiger partial charge on any atom is -0.357 e. The van der Waals surface area contributed by atoms with E-state index in [9.17, 15) is 0 Å². The highest BCUT2D eigenvalue weighted by Crippen LogP contribution is 2.32. The Morgan fingerprint density at radius 1 is 1.33 bits per heavy atom. The third-order valence-corrected chi connectivity index (χ3v) is 5.05. The number of anilines is 2. The van der Waals surface area contributed by atoms with E-state index in [1.165, 1.54) is 4.88 Å². The summed E-state index contributed by atoms with van der Waals surface area (Å²) in [7, 11) is 3.89. The molecule has 7 heteroatoms. The summed E-state index contributed by atoms with van der Waals surface area (Å²) in [6.07, 6.45) is 1.02.